The maximum absolute atomic E-state index is 11.2. The van der Waals surface area contributed by atoms with Crippen molar-refractivity contribution in [1.29, 1.82) is 0 Å². The van der Waals surface area contributed by atoms with E-state index in [1.807, 2.05) is 4.90 Å². The summed E-state index contributed by atoms with van der Waals surface area (Å²) in [5, 5.41) is 0. The van der Waals surface area contributed by atoms with Crippen LogP contribution < -0.4 is 0 Å². The van der Waals surface area contributed by atoms with Gasteiger partial charge in [0.25, 0.3) is 0 Å². The van der Waals surface area contributed by atoms with Gasteiger partial charge in [-0.25, -0.2) is 0 Å². The average Bonchev–Trinajstić information content (AvgIpc) is 2.80. The second-order valence-electron chi connectivity index (χ2n) is 5.29. The Labute approximate surface area is 98.8 Å². The highest BCUT2D eigenvalue weighted by molar-refractivity contribution is 5.73. The molecule has 3 heteroatoms. The lowest BCUT2D eigenvalue weighted by Crippen LogP contribution is -2.37. The second-order valence-corrected chi connectivity index (χ2v) is 5.29. The molecule has 0 atom stereocenters. The summed E-state index contributed by atoms with van der Waals surface area (Å²) in [4.78, 5) is 15.8. The fourth-order valence-corrected chi connectivity index (χ4v) is 2.91. The predicted octanol–water partition coefficient (Wildman–Crippen LogP) is 1.73. The van der Waals surface area contributed by atoms with E-state index in [4.69, 9.17) is 0 Å². The van der Waals surface area contributed by atoms with Crippen LogP contribution in [0.25, 0.3) is 0 Å². The molecule has 0 aliphatic carbocycles. The van der Waals surface area contributed by atoms with Crippen molar-refractivity contribution in [2.75, 3.05) is 32.7 Å². The molecule has 2 aliphatic rings. The maximum Gasteiger partial charge on any atom is 0.219 e. The van der Waals surface area contributed by atoms with Crippen LogP contribution in [0.3, 0.4) is 0 Å². The Morgan fingerprint density at radius 1 is 1.12 bits per heavy atom. The first-order chi connectivity index (χ1) is 7.75. The molecule has 16 heavy (non-hydrogen) atoms. The van der Waals surface area contributed by atoms with Crippen molar-refractivity contribution in [2.45, 2.75) is 39.0 Å². The van der Waals surface area contributed by atoms with Crippen molar-refractivity contribution in [3.8, 4) is 0 Å². The number of hydrogen-bond acceptors (Lipinski definition) is 2. The zero-order valence-corrected chi connectivity index (χ0v) is 10.5. The van der Waals surface area contributed by atoms with Crippen molar-refractivity contribution in [3.63, 3.8) is 0 Å². The lowest BCUT2D eigenvalue weighted by Gasteiger charge is -2.32. The van der Waals surface area contributed by atoms with Gasteiger partial charge in [0, 0.05) is 20.0 Å². The summed E-state index contributed by atoms with van der Waals surface area (Å²) in [6.07, 6.45) is 6.55. The Morgan fingerprint density at radius 3 is 2.31 bits per heavy atom. The number of rotatable bonds is 3. The number of nitrogens with zero attached hydrogens (tertiary/aromatic N) is 2. The highest BCUT2D eigenvalue weighted by atomic mass is 16.2. The van der Waals surface area contributed by atoms with Gasteiger partial charge in [0.1, 0.15) is 0 Å². The molecule has 2 aliphatic heterocycles. The first-order valence-electron chi connectivity index (χ1n) is 6.73. The fraction of sp³-hybridized carbons (Fsp3) is 0.923. The van der Waals surface area contributed by atoms with E-state index in [1.165, 1.54) is 51.7 Å². The molecule has 2 rings (SSSR count). The topological polar surface area (TPSA) is 23.6 Å². The number of carbonyl (C=O) groups excluding carboxylic acids is 1. The first kappa shape index (κ1) is 11.9. The molecule has 0 spiro atoms. The van der Waals surface area contributed by atoms with Crippen LogP contribution in [0.15, 0.2) is 0 Å². The molecule has 3 nitrogen and oxygen atoms in total. The van der Waals surface area contributed by atoms with Crippen molar-refractivity contribution in [1.82, 2.24) is 9.80 Å². The third-order valence-corrected chi connectivity index (χ3v) is 4.11. The standard InChI is InChI=1S/C13H24N2O/c1-12(16)15-10-5-13(6-11-15)4-9-14-7-2-3-8-14/h13H,2-11H2,1H3. The van der Waals surface area contributed by atoms with E-state index < -0.39 is 0 Å². The molecule has 2 fully saturated rings. The van der Waals surface area contributed by atoms with Crippen molar-refractivity contribution < 1.29 is 4.79 Å². The summed E-state index contributed by atoms with van der Waals surface area (Å²) in [6.45, 7) is 7.56. The van der Waals surface area contributed by atoms with E-state index in [1.54, 1.807) is 6.92 Å². The zero-order chi connectivity index (χ0) is 11.4. The normalized spacial score (nSPS) is 23.9. The van der Waals surface area contributed by atoms with Crippen LogP contribution in [0.1, 0.15) is 39.0 Å². The number of carbonyl (C=O) groups is 1. The van der Waals surface area contributed by atoms with Gasteiger partial charge in [0.2, 0.25) is 5.91 Å². The Hall–Kier alpha value is -0.570. The summed E-state index contributed by atoms with van der Waals surface area (Å²) >= 11 is 0. The predicted molar refractivity (Wildman–Crippen MR) is 65.3 cm³/mol. The summed E-state index contributed by atoms with van der Waals surface area (Å²) in [6, 6.07) is 0. The average molecular weight is 224 g/mol. The smallest absolute Gasteiger partial charge is 0.219 e. The summed E-state index contributed by atoms with van der Waals surface area (Å²) in [5.74, 6) is 1.11. The number of piperidine rings is 1. The molecular weight excluding hydrogens is 200 g/mol. The summed E-state index contributed by atoms with van der Waals surface area (Å²) < 4.78 is 0. The van der Waals surface area contributed by atoms with Crippen molar-refractivity contribution in [2.24, 2.45) is 5.92 Å². The summed E-state index contributed by atoms with van der Waals surface area (Å²) in [7, 11) is 0. The molecule has 2 heterocycles. The molecule has 0 unspecified atom stereocenters. The van der Waals surface area contributed by atoms with Gasteiger partial charge in [-0.15, -0.1) is 0 Å². The van der Waals surface area contributed by atoms with Crippen LogP contribution in [-0.2, 0) is 4.79 Å². The molecule has 0 N–H and O–H groups in total. The Balaban J connectivity index is 1.63. The van der Waals surface area contributed by atoms with Crippen LogP contribution in [-0.4, -0.2) is 48.4 Å². The van der Waals surface area contributed by atoms with Gasteiger partial charge in [-0.2, -0.15) is 0 Å². The van der Waals surface area contributed by atoms with E-state index in [2.05, 4.69) is 4.90 Å². The molecule has 0 bridgehead atoms. The van der Waals surface area contributed by atoms with Crippen LogP contribution in [0.4, 0.5) is 0 Å². The molecule has 0 aromatic carbocycles. The maximum atomic E-state index is 11.2. The van der Waals surface area contributed by atoms with Gasteiger partial charge in [-0.1, -0.05) is 0 Å². The molecule has 2 saturated heterocycles. The second kappa shape index (κ2) is 5.67. The van der Waals surface area contributed by atoms with Crippen LogP contribution in [0.2, 0.25) is 0 Å². The fourth-order valence-electron chi connectivity index (χ4n) is 2.91. The minimum Gasteiger partial charge on any atom is -0.343 e. The molecule has 0 saturated carbocycles. The molecule has 0 aromatic heterocycles. The lowest BCUT2D eigenvalue weighted by molar-refractivity contribution is -0.130. The Bertz CT molecular complexity index is 228. The summed E-state index contributed by atoms with van der Waals surface area (Å²) in [5.41, 5.74) is 0. The SMILES string of the molecule is CC(=O)N1CCC(CCN2CCCC2)CC1. The van der Waals surface area contributed by atoms with E-state index in [9.17, 15) is 4.79 Å². The van der Waals surface area contributed by atoms with Crippen molar-refractivity contribution >= 4 is 5.91 Å². The molecule has 0 aromatic rings. The van der Waals surface area contributed by atoms with E-state index >= 15 is 0 Å². The minimum absolute atomic E-state index is 0.248. The Morgan fingerprint density at radius 2 is 1.75 bits per heavy atom. The number of hydrogen-bond donors (Lipinski definition) is 0. The molecule has 1 amide bonds. The van der Waals surface area contributed by atoms with Gasteiger partial charge in [0.15, 0.2) is 0 Å². The van der Waals surface area contributed by atoms with Gasteiger partial charge >= 0.3 is 0 Å². The van der Waals surface area contributed by atoms with E-state index in [-0.39, 0.29) is 5.91 Å². The monoisotopic (exact) mass is 224 g/mol. The number of likely N-dealkylation sites (tertiary alicyclic amines) is 2. The van der Waals surface area contributed by atoms with Crippen LogP contribution in [0.5, 0.6) is 0 Å². The molecule has 0 radical (unpaired) electrons. The quantitative estimate of drug-likeness (QED) is 0.729. The third kappa shape index (κ3) is 3.21. The van der Waals surface area contributed by atoms with Gasteiger partial charge in [0.05, 0.1) is 0 Å². The van der Waals surface area contributed by atoms with Crippen molar-refractivity contribution in [3.05, 3.63) is 0 Å². The largest absolute Gasteiger partial charge is 0.343 e. The number of amides is 1. The van der Waals surface area contributed by atoms with Gasteiger partial charge in [-0.05, 0) is 57.7 Å². The molecular formula is C13H24N2O. The molecule has 92 valence electrons. The lowest BCUT2D eigenvalue weighted by atomic mass is 9.93. The highest BCUT2D eigenvalue weighted by Crippen LogP contribution is 2.21. The first-order valence-corrected chi connectivity index (χ1v) is 6.73. The Kier molecular flexibility index (Phi) is 4.22. The van der Waals surface area contributed by atoms with E-state index in [0.717, 1.165) is 19.0 Å². The van der Waals surface area contributed by atoms with Crippen LogP contribution >= 0.6 is 0 Å². The van der Waals surface area contributed by atoms with Gasteiger partial charge in [-0.3, -0.25) is 4.79 Å². The minimum atomic E-state index is 0.248. The van der Waals surface area contributed by atoms with E-state index in [0.29, 0.717) is 0 Å². The van der Waals surface area contributed by atoms with Crippen LogP contribution in [0, 0.1) is 5.92 Å². The zero-order valence-electron chi connectivity index (χ0n) is 10.5. The third-order valence-electron chi connectivity index (χ3n) is 4.11. The van der Waals surface area contributed by atoms with Gasteiger partial charge < -0.3 is 9.80 Å². The highest BCUT2D eigenvalue weighted by Gasteiger charge is 2.21.